The lowest BCUT2D eigenvalue weighted by molar-refractivity contribution is -0.144. The minimum absolute atomic E-state index is 0.662. The third-order valence-corrected chi connectivity index (χ3v) is 3.90. The van der Waals surface area contributed by atoms with Gasteiger partial charge in [0.05, 0.1) is 0 Å². The van der Waals surface area contributed by atoms with Gasteiger partial charge >= 0.3 is 5.97 Å². The van der Waals surface area contributed by atoms with Crippen LogP contribution >= 0.6 is 0 Å². The Morgan fingerprint density at radius 1 is 1.53 bits per heavy atom. The highest BCUT2D eigenvalue weighted by Crippen LogP contribution is 2.24. The molecule has 1 unspecified atom stereocenters. The van der Waals surface area contributed by atoms with Crippen LogP contribution in [0.5, 0.6) is 0 Å². The molecule has 1 aliphatic rings. The van der Waals surface area contributed by atoms with E-state index in [0.717, 1.165) is 19.5 Å². The lowest BCUT2D eigenvalue weighted by Gasteiger charge is -2.37. The van der Waals surface area contributed by atoms with Crippen molar-refractivity contribution in [2.24, 2.45) is 0 Å². The summed E-state index contributed by atoms with van der Waals surface area (Å²) < 4.78 is 0. The second-order valence-corrected chi connectivity index (χ2v) is 5.38. The normalized spacial score (nSPS) is 20.0. The van der Waals surface area contributed by atoms with Crippen LogP contribution in [-0.4, -0.2) is 47.7 Å². The van der Waals surface area contributed by atoms with Crippen molar-refractivity contribution >= 4 is 5.97 Å². The molecule has 4 heteroatoms. The van der Waals surface area contributed by atoms with E-state index in [9.17, 15) is 9.90 Å². The maximum atomic E-state index is 11.3. The number of carbonyl (C=O) groups is 1. The van der Waals surface area contributed by atoms with E-state index in [-0.39, 0.29) is 0 Å². The molecule has 0 aromatic rings. The summed E-state index contributed by atoms with van der Waals surface area (Å²) in [6.07, 6.45) is 5.47. The van der Waals surface area contributed by atoms with Crippen LogP contribution in [0.1, 0.15) is 46.0 Å². The average Bonchev–Trinajstić information content (AvgIpc) is 2.21. The van der Waals surface area contributed by atoms with Crippen molar-refractivity contribution in [1.82, 2.24) is 10.2 Å². The molecule has 1 saturated carbocycles. The zero-order valence-corrected chi connectivity index (χ0v) is 11.3. The van der Waals surface area contributed by atoms with Crippen molar-refractivity contribution in [3.63, 3.8) is 0 Å². The summed E-state index contributed by atoms with van der Waals surface area (Å²) in [7, 11) is 2.10. The quantitative estimate of drug-likeness (QED) is 0.680. The van der Waals surface area contributed by atoms with Gasteiger partial charge in [-0.1, -0.05) is 13.3 Å². The molecule has 0 aromatic carbocycles. The number of hydrogen-bond acceptors (Lipinski definition) is 3. The van der Waals surface area contributed by atoms with Crippen LogP contribution in [0.2, 0.25) is 0 Å². The zero-order chi connectivity index (χ0) is 12.9. The fourth-order valence-corrected chi connectivity index (χ4v) is 2.08. The first-order valence-corrected chi connectivity index (χ1v) is 6.68. The molecule has 0 heterocycles. The first-order valence-electron chi connectivity index (χ1n) is 6.68. The molecular formula is C13H26N2O2. The Labute approximate surface area is 104 Å². The number of rotatable bonds is 8. The molecule has 0 saturated heterocycles. The third-order valence-electron chi connectivity index (χ3n) is 3.90. The van der Waals surface area contributed by atoms with E-state index in [1.54, 1.807) is 6.92 Å². The highest BCUT2D eigenvalue weighted by Gasteiger charge is 2.33. The second kappa shape index (κ2) is 6.36. The maximum absolute atomic E-state index is 11.3. The zero-order valence-electron chi connectivity index (χ0n) is 11.3. The lowest BCUT2D eigenvalue weighted by Crippen LogP contribution is -2.52. The number of nitrogens with zero attached hydrogens (tertiary/aromatic N) is 1. The molecule has 1 atom stereocenters. The highest BCUT2D eigenvalue weighted by molar-refractivity contribution is 5.78. The molecule has 0 spiro atoms. The smallest absolute Gasteiger partial charge is 0.323 e. The molecule has 1 fully saturated rings. The fourth-order valence-electron chi connectivity index (χ4n) is 2.08. The molecule has 2 N–H and O–H groups in total. The number of nitrogens with one attached hydrogen (secondary N) is 1. The molecule has 1 rings (SSSR count). The molecule has 0 aliphatic heterocycles. The molecule has 100 valence electrons. The Morgan fingerprint density at radius 2 is 2.18 bits per heavy atom. The van der Waals surface area contributed by atoms with Gasteiger partial charge in [0.1, 0.15) is 5.54 Å². The van der Waals surface area contributed by atoms with E-state index >= 15 is 0 Å². The Morgan fingerprint density at radius 3 is 2.59 bits per heavy atom. The lowest BCUT2D eigenvalue weighted by atomic mass is 9.90. The van der Waals surface area contributed by atoms with E-state index in [4.69, 9.17) is 0 Å². The van der Waals surface area contributed by atoms with Gasteiger partial charge in [-0.15, -0.1) is 0 Å². The van der Waals surface area contributed by atoms with Crippen LogP contribution in [0.3, 0.4) is 0 Å². The summed E-state index contributed by atoms with van der Waals surface area (Å²) in [6, 6.07) is 0.680. The highest BCUT2D eigenvalue weighted by atomic mass is 16.4. The number of aliphatic carboxylic acids is 1. The van der Waals surface area contributed by atoms with Crippen molar-refractivity contribution < 1.29 is 9.90 Å². The summed E-state index contributed by atoms with van der Waals surface area (Å²) in [5, 5.41) is 12.5. The Hall–Kier alpha value is -0.610. The van der Waals surface area contributed by atoms with Crippen LogP contribution in [0, 0.1) is 0 Å². The van der Waals surface area contributed by atoms with Crippen LogP contribution < -0.4 is 5.32 Å². The monoisotopic (exact) mass is 242 g/mol. The Balaban J connectivity index is 2.39. The molecular weight excluding hydrogens is 216 g/mol. The first kappa shape index (κ1) is 14.5. The molecule has 0 bridgehead atoms. The average molecular weight is 242 g/mol. The van der Waals surface area contributed by atoms with Crippen molar-refractivity contribution in [3.8, 4) is 0 Å². The number of hydrogen-bond donors (Lipinski definition) is 2. The summed E-state index contributed by atoms with van der Waals surface area (Å²) >= 11 is 0. The van der Waals surface area contributed by atoms with Gasteiger partial charge in [-0.25, -0.2) is 0 Å². The molecule has 0 radical (unpaired) electrons. The van der Waals surface area contributed by atoms with Crippen molar-refractivity contribution in [1.29, 1.82) is 0 Å². The van der Waals surface area contributed by atoms with Crippen molar-refractivity contribution in [2.45, 2.75) is 57.5 Å². The van der Waals surface area contributed by atoms with E-state index in [0.29, 0.717) is 12.5 Å². The van der Waals surface area contributed by atoms with Gasteiger partial charge in [-0.2, -0.15) is 0 Å². The summed E-state index contributed by atoms with van der Waals surface area (Å²) in [5.41, 5.74) is -0.784. The number of carboxylic acid groups (broad SMARTS) is 1. The minimum atomic E-state index is -0.784. The van der Waals surface area contributed by atoms with Gasteiger partial charge in [0, 0.05) is 12.6 Å². The molecule has 0 amide bonds. The third kappa shape index (κ3) is 3.96. The van der Waals surface area contributed by atoms with Crippen LogP contribution in [0.25, 0.3) is 0 Å². The SMILES string of the molecule is CCCNC(C)(CCN(C)C1CCC1)C(=O)O. The van der Waals surface area contributed by atoms with Gasteiger partial charge in [-0.05, 0) is 46.2 Å². The Kier molecular flexibility index (Phi) is 5.40. The summed E-state index contributed by atoms with van der Waals surface area (Å²) in [5.74, 6) is -0.743. The molecule has 17 heavy (non-hydrogen) atoms. The first-order chi connectivity index (χ1) is 7.99. The van der Waals surface area contributed by atoms with Gasteiger partial charge in [0.15, 0.2) is 0 Å². The molecule has 0 aromatic heterocycles. The Bertz CT molecular complexity index is 254. The standard InChI is InChI=1S/C13H26N2O2/c1-4-9-14-13(2,12(16)17)8-10-15(3)11-6-5-7-11/h11,14H,4-10H2,1-3H3,(H,16,17). The second-order valence-electron chi connectivity index (χ2n) is 5.38. The molecule has 4 nitrogen and oxygen atoms in total. The van der Waals surface area contributed by atoms with E-state index in [1.165, 1.54) is 19.3 Å². The topological polar surface area (TPSA) is 52.6 Å². The summed E-state index contributed by atoms with van der Waals surface area (Å²) in [4.78, 5) is 13.6. The summed E-state index contributed by atoms with van der Waals surface area (Å²) in [6.45, 7) is 5.45. The van der Waals surface area contributed by atoms with Gasteiger partial charge in [0.25, 0.3) is 0 Å². The van der Waals surface area contributed by atoms with Gasteiger partial charge in [0.2, 0.25) is 0 Å². The number of carboxylic acids is 1. The van der Waals surface area contributed by atoms with Crippen LogP contribution in [-0.2, 0) is 4.79 Å². The van der Waals surface area contributed by atoms with Gasteiger partial charge in [-0.3, -0.25) is 4.79 Å². The van der Waals surface area contributed by atoms with Crippen molar-refractivity contribution in [2.75, 3.05) is 20.1 Å². The van der Waals surface area contributed by atoms with Crippen LogP contribution in [0.4, 0.5) is 0 Å². The predicted molar refractivity (Wildman–Crippen MR) is 69.2 cm³/mol. The van der Waals surface area contributed by atoms with Gasteiger partial charge < -0.3 is 15.3 Å². The fraction of sp³-hybridized carbons (Fsp3) is 0.923. The van der Waals surface area contributed by atoms with Crippen LogP contribution in [0.15, 0.2) is 0 Å². The van der Waals surface area contributed by atoms with E-state index in [2.05, 4.69) is 24.2 Å². The van der Waals surface area contributed by atoms with E-state index in [1.807, 2.05) is 0 Å². The largest absolute Gasteiger partial charge is 0.480 e. The van der Waals surface area contributed by atoms with E-state index < -0.39 is 11.5 Å². The predicted octanol–water partition coefficient (Wildman–Crippen LogP) is 1.70. The minimum Gasteiger partial charge on any atom is -0.480 e. The molecule has 1 aliphatic carbocycles. The van der Waals surface area contributed by atoms with Crippen molar-refractivity contribution in [3.05, 3.63) is 0 Å². The maximum Gasteiger partial charge on any atom is 0.323 e.